The lowest BCUT2D eigenvalue weighted by Gasteiger charge is -2.23. The van der Waals surface area contributed by atoms with Crippen LogP contribution in [0.15, 0.2) is 23.9 Å². The number of allylic oxidation sites excluding steroid dienone is 2. The van der Waals surface area contributed by atoms with Crippen molar-refractivity contribution in [2.45, 2.75) is 104 Å². The van der Waals surface area contributed by atoms with E-state index in [0.717, 1.165) is 12.2 Å². The van der Waals surface area contributed by atoms with Crippen LogP contribution in [0.2, 0.25) is 39.3 Å². The van der Waals surface area contributed by atoms with Gasteiger partial charge >= 0.3 is 0 Å². The summed E-state index contributed by atoms with van der Waals surface area (Å²) in [6.07, 6.45) is 15.9. The van der Waals surface area contributed by atoms with Crippen LogP contribution < -0.4 is 0 Å². The Morgan fingerprint density at radius 1 is 0.731 bits per heavy atom. The van der Waals surface area contributed by atoms with E-state index in [1.54, 1.807) is 7.11 Å². The molecule has 0 radical (unpaired) electrons. The fourth-order valence-corrected chi connectivity index (χ4v) is 4.15. The van der Waals surface area contributed by atoms with Crippen LogP contribution in [0.5, 0.6) is 0 Å². The average Bonchev–Trinajstić information content (AvgIpc) is 2.49. The standard InChI is InChI=1S/C21H44O3Si2/c1-9-10-11-12-13-14-15-16-17-18-20(23-25(3,4)5)19-21(22-2)24-26(6,7)8/h18-19H,9-17H2,1-8H3/b20-18-,21-19+. The Bertz CT molecular complexity index is 418. The van der Waals surface area contributed by atoms with Gasteiger partial charge in [0.1, 0.15) is 5.76 Å². The highest BCUT2D eigenvalue weighted by molar-refractivity contribution is 6.70. The van der Waals surface area contributed by atoms with Gasteiger partial charge in [-0.25, -0.2) is 0 Å². The normalized spacial score (nSPS) is 13.7. The molecule has 0 fully saturated rings. The lowest BCUT2D eigenvalue weighted by molar-refractivity contribution is 0.145. The fourth-order valence-electron chi connectivity index (χ4n) is 2.55. The van der Waals surface area contributed by atoms with E-state index in [4.69, 9.17) is 13.6 Å². The first-order valence-corrected chi connectivity index (χ1v) is 17.2. The molecule has 0 rings (SSSR count). The summed E-state index contributed by atoms with van der Waals surface area (Å²) in [6.45, 7) is 15.4. The molecule has 0 saturated heterocycles. The van der Waals surface area contributed by atoms with Crippen molar-refractivity contribution in [3.8, 4) is 0 Å². The van der Waals surface area contributed by atoms with Crippen molar-refractivity contribution in [3.05, 3.63) is 23.9 Å². The van der Waals surface area contributed by atoms with Crippen LogP contribution in [0.3, 0.4) is 0 Å². The molecule has 0 aromatic heterocycles. The summed E-state index contributed by atoms with van der Waals surface area (Å²) in [6, 6.07) is 0. The van der Waals surface area contributed by atoms with E-state index in [1.807, 2.05) is 6.08 Å². The maximum absolute atomic E-state index is 6.24. The topological polar surface area (TPSA) is 27.7 Å². The van der Waals surface area contributed by atoms with Gasteiger partial charge in [0.25, 0.3) is 5.95 Å². The monoisotopic (exact) mass is 400 g/mol. The number of hydrogen-bond donors (Lipinski definition) is 0. The fraction of sp³-hybridized carbons (Fsp3) is 0.810. The predicted molar refractivity (Wildman–Crippen MR) is 119 cm³/mol. The Morgan fingerprint density at radius 3 is 1.69 bits per heavy atom. The smallest absolute Gasteiger partial charge is 0.268 e. The molecule has 5 heteroatoms. The Hall–Kier alpha value is -0.686. The highest BCUT2D eigenvalue weighted by atomic mass is 28.4. The zero-order valence-electron chi connectivity index (χ0n) is 18.7. The molecule has 3 nitrogen and oxygen atoms in total. The van der Waals surface area contributed by atoms with Crippen molar-refractivity contribution in [2.24, 2.45) is 0 Å². The van der Waals surface area contributed by atoms with Gasteiger partial charge in [-0.05, 0) is 58.2 Å². The van der Waals surface area contributed by atoms with Crippen LogP contribution in [-0.4, -0.2) is 23.7 Å². The molecule has 26 heavy (non-hydrogen) atoms. The predicted octanol–water partition coefficient (Wildman–Crippen LogP) is 7.59. The summed E-state index contributed by atoms with van der Waals surface area (Å²) in [7, 11) is -1.70. The molecule has 0 aromatic carbocycles. The van der Waals surface area contributed by atoms with E-state index in [2.05, 4.69) is 52.3 Å². The van der Waals surface area contributed by atoms with Gasteiger partial charge in [0.15, 0.2) is 0 Å². The second kappa shape index (κ2) is 13.5. The molecule has 0 saturated carbocycles. The third-order valence-electron chi connectivity index (χ3n) is 3.70. The number of unbranched alkanes of at least 4 members (excludes halogenated alkanes) is 8. The Kier molecular flexibility index (Phi) is 13.1. The first kappa shape index (κ1) is 25.3. The molecular formula is C21H44O3Si2. The largest absolute Gasteiger partial charge is 0.544 e. The molecule has 0 aromatic rings. The van der Waals surface area contributed by atoms with Gasteiger partial charge in [0.2, 0.25) is 16.6 Å². The van der Waals surface area contributed by atoms with E-state index >= 15 is 0 Å². The summed E-state index contributed by atoms with van der Waals surface area (Å²) >= 11 is 0. The van der Waals surface area contributed by atoms with E-state index in [1.165, 1.54) is 51.4 Å². The second-order valence-electron chi connectivity index (χ2n) is 8.97. The van der Waals surface area contributed by atoms with Gasteiger partial charge in [-0.1, -0.05) is 51.9 Å². The van der Waals surface area contributed by atoms with Crippen molar-refractivity contribution in [1.29, 1.82) is 0 Å². The first-order chi connectivity index (χ1) is 12.1. The number of ether oxygens (including phenoxy) is 1. The van der Waals surface area contributed by atoms with Crippen LogP contribution in [0.4, 0.5) is 0 Å². The van der Waals surface area contributed by atoms with Crippen molar-refractivity contribution >= 4 is 16.6 Å². The molecule has 0 atom stereocenters. The third kappa shape index (κ3) is 16.8. The third-order valence-corrected chi connectivity index (χ3v) is 5.36. The summed E-state index contributed by atoms with van der Waals surface area (Å²) < 4.78 is 17.7. The molecule has 0 N–H and O–H groups in total. The van der Waals surface area contributed by atoms with Crippen LogP contribution in [0.1, 0.15) is 64.7 Å². The van der Waals surface area contributed by atoms with Crippen LogP contribution in [0, 0.1) is 0 Å². The van der Waals surface area contributed by atoms with E-state index in [9.17, 15) is 0 Å². The van der Waals surface area contributed by atoms with Crippen molar-refractivity contribution < 1.29 is 13.6 Å². The SMILES string of the molecule is CCCCCCCCCC/C=C(/C=C(\OC)O[Si](C)(C)C)O[Si](C)(C)C. The molecule has 0 amide bonds. The first-order valence-electron chi connectivity index (χ1n) is 10.4. The zero-order valence-corrected chi connectivity index (χ0v) is 20.7. The van der Waals surface area contributed by atoms with Crippen LogP contribution in [0.25, 0.3) is 0 Å². The quantitative estimate of drug-likeness (QED) is 0.123. The average molecular weight is 401 g/mol. The molecule has 0 aliphatic carbocycles. The number of methoxy groups -OCH3 is 1. The summed E-state index contributed by atoms with van der Waals surface area (Å²) in [4.78, 5) is 0. The van der Waals surface area contributed by atoms with E-state index < -0.39 is 16.6 Å². The summed E-state index contributed by atoms with van der Waals surface area (Å²) in [5.41, 5.74) is 0. The summed E-state index contributed by atoms with van der Waals surface area (Å²) in [5.74, 6) is 1.48. The Balaban J connectivity index is 4.56. The minimum Gasteiger partial charge on any atom is -0.544 e. The van der Waals surface area contributed by atoms with E-state index in [0.29, 0.717) is 5.95 Å². The molecule has 0 unspecified atom stereocenters. The molecule has 0 spiro atoms. The molecule has 154 valence electrons. The van der Waals surface area contributed by atoms with Gasteiger partial charge in [-0.15, -0.1) is 0 Å². The maximum Gasteiger partial charge on any atom is 0.268 e. The van der Waals surface area contributed by atoms with Crippen LogP contribution in [-0.2, 0) is 13.6 Å². The minimum absolute atomic E-state index is 0.574. The van der Waals surface area contributed by atoms with Crippen molar-refractivity contribution in [3.63, 3.8) is 0 Å². The molecule has 0 aliphatic rings. The van der Waals surface area contributed by atoms with Crippen LogP contribution >= 0.6 is 0 Å². The van der Waals surface area contributed by atoms with Gasteiger partial charge in [0, 0.05) is 0 Å². The highest BCUT2D eigenvalue weighted by Crippen LogP contribution is 2.19. The zero-order chi connectivity index (χ0) is 20.1. The second-order valence-corrected chi connectivity index (χ2v) is 17.8. The lowest BCUT2D eigenvalue weighted by atomic mass is 10.1. The van der Waals surface area contributed by atoms with Gasteiger partial charge < -0.3 is 13.6 Å². The van der Waals surface area contributed by atoms with Crippen molar-refractivity contribution in [1.82, 2.24) is 0 Å². The Morgan fingerprint density at radius 2 is 1.23 bits per heavy atom. The molecular weight excluding hydrogens is 356 g/mol. The number of rotatable bonds is 15. The minimum atomic E-state index is -1.69. The molecule has 0 heterocycles. The van der Waals surface area contributed by atoms with Gasteiger partial charge in [0.05, 0.1) is 13.2 Å². The van der Waals surface area contributed by atoms with Gasteiger partial charge in [-0.3, -0.25) is 0 Å². The van der Waals surface area contributed by atoms with E-state index in [-0.39, 0.29) is 0 Å². The maximum atomic E-state index is 6.24. The Labute approximate surface area is 165 Å². The van der Waals surface area contributed by atoms with Gasteiger partial charge in [-0.2, -0.15) is 0 Å². The molecule has 0 aliphatic heterocycles. The van der Waals surface area contributed by atoms with Crippen molar-refractivity contribution in [2.75, 3.05) is 7.11 Å². The summed E-state index contributed by atoms with van der Waals surface area (Å²) in [5, 5.41) is 0. The highest BCUT2D eigenvalue weighted by Gasteiger charge is 2.21. The molecule has 0 bridgehead atoms. The number of hydrogen-bond acceptors (Lipinski definition) is 3. The lowest BCUT2D eigenvalue weighted by Crippen LogP contribution is -2.26.